The number of piperazine rings is 1. The lowest BCUT2D eigenvalue weighted by atomic mass is 10.1. The van der Waals surface area contributed by atoms with Crippen LogP contribution in [0.5, 0.6) is 11.5 Å². The third-order valence-corrected chi connectivity index (χ3v) is 7.11. The number of aromatic nitrogens is 2. The summed E-state index contributed by atoms with van der Waals surface area (Å²) in [7, 11) is 4.91. The number of halogens is 1. The number of hydrogen-bond acceptors (Lipinski definition) is 10. The molecule has 0 aliphatic carbocycles. The quantitative estimate of drug-likeness (QED) is 0.221. The smallest absolute Gasteiger partial charge is 0.274 e. The van der Waals surface area contributed by atoms with Crippen molar-refractivity contribution in [1.29, 1.82) is 0 Å². The number of benzene rings is 2. The average Bonchev–Trinajstić information content (AvgIpc) is 2.99. The summed E-state index contributed by atoms with van der Waals surface area (Å²) in [5, 5.41) is 6.43. The van der Waals surface area contributed by atoms with Crippen LogP contribution in [0, 0.1) is 6.92 Å². The summed E-state index contributed by atoms with van der Waals surface area (Å²) in [6.07, 6.45) is 4.25. The van der Waals surface area contributed by atoms with Crippen LogP contribution in [0.4, 0.5) is 23.0 Å². The summed E-state index contributed by atoms with van der Waals surface area (Å²) >= 11 is 6.44. The molecule has 2 heterocycles. The lowest BCUT2D eigenvalue weighted by Gasteiger charge is -2.34. The molecule has 1 aliphatic heterocycles. The molecule has 42 heavy (non-hydrogen) atoms. The van der Waals surface area contributed by atoms with Crippen LogP contribution in [0.3, 0.4) is 0 Å². The lowest BCUT2D eigenvalue weighted by Crippen LogP contribution is -2.44. The Bertz CT molecular complexity index is 1440. The van der Waals surface area contributed by atoms with Crippen molar-refractivity contribution in [2.24, 2.45) is 0 Å². The van der Waals surface area contributed by atoms with Crippen LogP contribution in [-0.2, 0) is 16.2 Å². The van der Waals surface area contributed by atoms with Gasteiger partial charge in [-0.2, -0.15) is 0 Å². The van der Waals surface area contributed by atoms with Crippen molar-refractivity contribution in [3.8, 4) is 11.5 Å². The zero-order chi connectivity index (χ0) is 30.2. The Morgan fingerprint density at radius 3 is 2.45 bits per heavy atom. The number of ether oxygens (including phenoxy) is 2. The predicted molar refractivity (Wildman–Crippen MR) is 162 cm³/mol. The maximum atomic E-state index is 12.2. The van der Waals surface area contributed by atoms with Crippen molar-refractivity contribution in [2.75, 3.05) is 63.0 Å². The molecule has 0 atom stereocenters. The highest BCUT2D eigenvalue weighted by molar-refractivity contribution is 6.33. The van der Waals surface area contributed by atoms with E-state index < -0.39 is 5.91 Å². The predicted octanol–water partition coefficient (Wildman–Crippen LogP) is 3.94. The summed E-state index contributed by atoms with van der Waals surface area (Å²) in [5.41, 5.74) is 6.28. The van der Waals surface area contributed by atoms with E-state index in [1.165, 1.54) is 38.8 Å². The summed E-state index contributed by atoms with van der Waals surface area (Å²) in [6.45, 7) is 9.28. The van der Waals surface area contributed by atoms with E-state index in [1.807, 2.05) is 13.0 Å². The second-order valence-electron chi connectivity index (χ2n) is 9.61. The number of hydrogen-bond donors (Lipinski definition) is 3. The van der Waals surface area contributed by atoms with Gasteiger partial charge in [0.05, 0.1) is 43.0 Å². The zero-order valence-electron chi connectivity index (χ0n) is 24.0. The first kappa shape index (κ1) is 30.6. The fourth-order valence-corrected chi connectivity index (χ4v) is 4.62. The minimum atomic E-state index is -0.456. The van der Waals surface area contributed by atoms with E-state index in [0.29, 0.717) is 45.0 Å². The van der Waals surface area contributed by atoms with Gasteiger partial charge in [-0.25, -0.2) is 15.4 Å². The normalized spacial score (nSPS) is 13.3. The standard InChI is InChI=1S/C29H34ClN7O5/c1-6-25(38)33-23-14-21(37-9-7-36(3)8-10-37)11-18(2)27(23)34-29-31-15-22(16-32-29)42-17-20-12-19(28(39)35-41-5)13-24(40-4)26(20)30/h6,11-16H,1,7-10,17H2,2-5H3,(H,33,38)(H,35,39)(H,31,32,34). The van der Waals surface area contributed by atoms with Crippen LogP contribution in [0.2, 0.25) is 5.02 Å². The van der Waals surface area contributed by atoms with Crippen molar-refractivity contribution < 1.29 is 23.9 Å². The van der Waals surface area contributed by atoms with E-state index in [1.54, 1.807) is 6.07 Å². The lowest BCUT2D eigenvalue weighted by molar-refractivity contribution is -0.111. The van der Waals surface area contributed by atoms with Crippen molar-refractivity contribution in [1.82, 2.24) is 20.3 Å². The van der Waals surface area contributed by atoms with Gasteiger partial charge in [0.2, 0.25) is 11.9 Å². The molecular formula is C29H34ClN7O5. The molecule has 12 nitrogen and oxygen atoms in total. The Labute approximate surface area is 249 Å². The molecule has 3 aromatic rings. The molecule has 2 aromatic carbocycles. The van der Waals surface area contributed by atoms with Crippen LogP contribution >= 0.6 is 11.6 Å². The molecule has 13 heteroatoms. The maximum Gasteiger partial charge on any atom is 0.274 e. The van der Waals surface area contributed by atoms with Gasteiger partial charge in [0, 0.05) is 43.0 Å². The molecule has 2 amide bonds. The highest BCUT2D eigenvalue weighted by Crippen LogP contribution is 2.34. The van der Waals surface area contributed by atoms with E-state index in [-0.39, 0.29) is 12.5 Å². The SMILES string of the molecule is C=CC(=O)Nc1cc(N2CCN(C)CC2)cc(C)c1Nc1ncc(OCc2cc(C(=O)NOC)cc(OC)c2Cl)cn1. The van der Waals surface area contributed by atoms with E-state index in [9.17, 15) is 9.59 Å². The number of methoxy groups -OCH3 is 1. The summed E-state index contributed by atoms with van der Waals surface area (Å²) in [5.74, 6) is 0.234. The Morgan fingerprint density at radius 2 is 1.81 bits per heavy atom. The summed E-state index contributed by atoms with van der Waals surface area (Å²) in [6, 6.07) is 7.12. The Morgan fingerprint density at radius 1 is 1.10 bits per heavy atom. The molecule has 1 aliphatic rings. The Hall–Kier alpha value is -4.39. The van der Waals surface area contributed by atoms with Gasteiger partial charge >= 0.3 is 0 Å². The number of aryl methyl sites for hydroxylation is 1. The number of hydroxylamine groups is 1. The van der Waals surface area contributed by atoms with Crippen LogP contribution in [0.1, 0.15) is 21.5 Å². The third kappa shape index (κ3) is 7.46. The maximum absolute atomic E-state index is 12.2. The van der Waals surface area contributed by atoms with Crippen molar-refractivity contribution in [3.05, 3.63) is 71.0 Å². The first-order valence-electron chi connectivity index (χ1n) is 13.2. The monoisotopic (exact) mass is 595 g/mol. The molecule has 0 bridgehead atoms. The van der Waals surface area contributed by atoms with E-state index >= 15 is 0 Å². The van der Waals surface area contributed by atoms with E-state index in [2.05, 4.69) is 55.6 Å². The van der Waals surface area contributed by atoms with Crippen molar-refractivity contribution in [3.63, 3.8) is 0 Å². The summed E-state index contributed by atoms with van der Waals surface area (Å²) in [4.78, 5) is 42.5. The van der Waals surface area contributed by atoms with Crippen LogP contribution < -0.4 is 30.5 Å². The van der Waals surface area contributed by atoms with E-state index in [0.717, 1.165) is 37.4 Å². The first-order valence-corrected chi connectivity index (χ1v) is 13.5. The van der Waals surface area contributed by atoms with Crippen LogP contribution in [-0.4, -0.2) is 74.1 Å². The second kappa shape index (κ2) is 14.0. The van der Waals surface area contributed by atoms with Crippen molar-refractivity contribution in [2.45, 2.75) is 13.5 Å². The largest absolute Gasteiger partial charge is 0.495 e. The molecule has 0 unspecified atom stereocenters. The molecule has 0 radical (unpaired) electrons. The number of carbonyl (C=O) groups excluding carboxylic acids is 2. The van der Waals surface area contributed by atoms with Gasteiger partial charge in [0.1, 0.15) is 12.4 Å². The van der Waals surface area contributed by atoms with Gasteiger partial charge in [-0.05, 0) is 49.9 Å². The Balaban J connectivity index is 1.50. The molecule has 4 rings (SSSR count). The topological polar surface area (TPSA) is 130 Å². The van der Waals surface area contributed by atoms with Gasteiger partial charge in [-0.1, -0.05) is 18.2 Å². The van der Waals surface area contributed by atoms with Crippen molar-refractivity contribution >= 4 is 46.4 Å². The van der Waals surface area contributed by atoms with Gasteiger partial charge in [0.15, 0.2) is 5.75 Å². The number of likely N-dealkylation sites (N-methyl/N-ethyl adjacent to an activating group) is 1. The molecule has 222 valence electrons. The van der Waals surface area contributed by atoms with Gasteiger partial charge in [0.25, 0.3) is 5.91 Å². The number of carbonyl (C=O) groups is 2. The molecule has 1 saturated heterocycles. The molecule has 0 saturated carbocycles. The number of nitrogens with one attached hydrogen (secondary N) is 3. The fourth-order valence-electron chi connectivity index (χ4n) is 4.38. The van der Waals surface area contributed by atoms with Crippen LogP contribution in [0.15, 0.2) is 49.3 Å². The molecule has 1 fully saturated rings. The third-order valence-electron chi connectivity index (χ3n) is 6.68. The number of nitrogens with zero attached hydrogens (tertiary/aromatic N) is 4. The highest BCUT2D eigenvalue weighted by atomic mass is 35.5. The van der Waals surface area contributed by atoms with Gasteiger partial charge in [-0.15, -0.1) is 0 Å². The molecular weight excluding hydrogens is 562 g/mol. The fraction of sp³-hybridized carbons (Fsp3) is 0.310. The van der Waals surface area contributed by atoms with Gasteiger partial charge in [-0.3, -0.25) is 14.4 Å². The van der Waals surface area contributed by atoms with E-state index in [4.69, 9.17) is 25.9 Å². The van der Waals surface area contributed by atoms with Gasteiger partial charge < -0.3 is 29.9 Å². The average molecular weight is 596 g/mol. The molecule has 0 spiro atoms. The number of anilines is 4. The number of rotatable bonds is 11. The van der Waals surface area contributed by atoms with Crippen LogP contribution in [0.25, 0.3) is 0 Å². The number of amides is 2. The zero-order valence-corrected chi connectivity index (χ0v) is 24.7. The molecule has 1 aromatic heterocycles. The first-order chi connectivity index (χ1) is 20.2. The molecule has 3 N–H and O–H groups in total. The Kier molecular flexibility index (Phi) is 10.2. The highest BCUT2D eigenvalue weighted by Gasteiger charge is 2.19. The second-order valence-corrected chi connectivity index (χ2v) is 9.99. The minimum Gasteiger partial charge on any atom is -0.495 e. The minimum absolute atomic E-state index is 0.0318. The summed E-state index contributed by atoms with van der Waals surface area (Å²) < 4.78 is 11.1.